The highest BCUT2D eigenvalue weighted by atomic mass is 35.5. The smallest absolute Gasteiger partial charge is 0.341 e. The highest BCUT2D eigenvalue weighted by Gasteiger charge is 2.23. The molecule has 4 rings (SSSR count). The fraction of sp³-hybridized carbons (Fsp3) is 0.167. The number of nitrogens with zero attached hydrogens (tertiary/aromatic N) is 3. The number of thiophene rings is 2. The molecule has 0 atom stereocenters. The molecule has 180 valence electrons. The lowest BCUT2D eigenvalue weighted by molar-refractivity contribution is -0.113. The van der Waals surface area contributed by atoms with E-state index < -0.39 is 5.97 Å². The number of anilines is 1. The summed E-state index contributed by atoms with van der Waals surface area (Å²) in [7, 11) is 1.31. The molecule has 0 aliphatic carbocycles. The maximum Gasteiger partial charge on any atom is 0.341 e. The number of halogens is 1. The lowest BCUT2D eigenvalue weighted by atomic mass is 10.0. The lowest BCUT2D eigenvalue weighted by Crippen LogP contribution is -2.16. The summed E-state index contributed by atoms with van der Waals surface area (Å²) in [5, 5.41) is 16.9. The topological polar surface area (TPSA) is 86.1 Å². The molecule has 0 aliphatic heterocycles. The highest BCUT2D eigenvalue weighted by Crippen LogP contribution is 2.37. The number of thioether (sulfide) groups is 1. The van der Waals surface area contributed by atoms with Crippen LogP contribution in [0.2, 0.25) is 5.02 Å². The molecule has 35 heavy (non-hydrogen) atoms. The largest absolute Gasteiger partial charge is 0.465 e. The van der Waals surface area contributed by atoms with Gasteiger partial charge >= 0.3 is 5.97 Å². The molecule has 0 aliphatic rings. The van der Waals surface area contributed by atoms with Gasteiger partial charge in [-0.2, -0.15) is 0 Å². The maximum absolute atomic E-state index is 12.8. The van der Waals surface area contributed by atoms with Crippen molar-refractivity contribution in [2.24, 2.45) is 0 Å². The van der Waals surface area contributed by atoms with Crippen LogP contribution in [0.5, 0.6) is 0 Å². The van der Waals surface area contributed by atoms with Gasteiger partial charge in [0.2, 0.25) is 5.91 Å². The third-order valence-corrected chi connectivity index (χ3v) is 7.91. The lowest BCUT2D eigenvalue weighted by Gasteiger charge is -2.09. The van der Waals surface area contributed by atoms with Crippen LogP contribution in [0, 0.1) is 6.92 Å². The van der Waals surface area contributed by atoms with Crippen molar-refractivity contribution in [3.8, 4) is 22.5 Å². The fourth-order valence-electron chi connectivity index (χ4n) is 3.35. The summed E-state index contributed by atoms with van der Waals surface area (Å²) in [5.41, 5.74) is 2.76. The summed E-state index contributed by atoms with van der Waals surface area (Å²) in [6.45, 7) is 6.37. The van der Waals surface area contributed by atoms with Crippen LogP contribution in [0.25, 0.3) is 22.5 Å². The minimum absolute atomic E-state index is 0.0900. The predicted molar refractivity (Wildman–Crippen MR) is 144 cm³/mol. The SMILES string of the molecule is C=CCn1c(SCC(=O)Nc2scc(-c3ccc(Cl)cc3)c2C(=O)OC)nnc1-c1csc(C)c1. The second kappa shape index (κ2) is 11.2. The number of amides is 1. The van der Waals surface area contributed by atoms with Crippen LogP contribution < -0.4 is 5.32 Å². The molecular weight excluding hydrogens is 524 g/mol. The second-order valence-corrected chi connectivity index (χ2v) is 10.7. The average molecular weight is 545 g/mol. The second-order valence-electron chi connectivity index (χ2n) is 7.34. The zero-order chi connectivity index (χ0) is 24.9. The zero-order valence-electron chi connectivity index (χ0n) is 18.9. The Morgan fingerprint density at radius 2 is 1.97 bits per heavy atom. The minimum Gasteiger partial charge on any atom is -0.465 e. The Kier molecular flexibility index (Phi) is 8.07. The number of carbonyl (C=O) groups is 2. The Balaban J connectivity index is 1.51. The minimum atomic E-state index is -0.527. The molecule has 7 nitrogen and oxygen atoms in total. The van der Waals surface area contributed by atoms with Gasteiger partial charge in [0.05, 0.1) is 12.9 Å². The third kappa shape index (κ3) is 5.67. The van der Waals surface area contributed by atoms with Crippen molar-refractivity contribution in [3.63, 3.8) is 0 Å². The number of hydrogen-bond acceptors (Lipinski definition) is 8. The molecule has 0 unspecified atom stereocenters. The van der Waals surface area contributed by atoms with Gasteiger partial charge in [-0.3, -0.25) is 9.36 Å². The number of esters is 1. The van der Waals surface area contributed by atoms with E-state index in [-0.39, 0.29) is 11.7 Å². The van der Waals surface area contributed by atoms with Gasteiger partial charge in [0, 0.05) is 38.3 Å². The Morgan fingerprint density at radius 3 is 2.63 bits per heavy atom. The molecular formula is C24H21ClN4O3S3. The summed E-state index contributed by atoms with van der Waals surface area (Å²) in [5.74, 6) is 0.0227. The van der Waals surface area contributed by atoms with E-state index in [2.05, 4.69) is 28.2 Å². The molecule has 3 aromatic heterocycles. The first-order chi connectivity index (χ1) is 16.9. The number of carbonyl (C=O) groups excluding carboxylic acids is 2. The molecule has 0 spiro atoms. The molecule has 0 bridgehead atoms. The first kappa shape index (κ1) is 25.2. The van der Waals surface area contributed by atoms with Crippen LogP contribution in [0.3, 0.4) is 0 Å². The highest BCUT2D eigenvalue weighted by molar-refractivity contribution is 7.99. The zero-order valence-corrected chi connectivity index (χ0v) is 22.1. The van der Waals surface area contributed by atoms with E-state index in [0.717, 1.165) is 17.0 Å². The van der Waals surface area contributed by atoms with Crippen molar-refractivity contribution in [1.29, 1.82) is 0 Å². The van der Waals surface area contributed by atoms with Crippen LogP contribution in [0.4, 0.5) is 5.00 Å². The predicted octanol–water partition coefficient (Wildman–Crippen LogP) is 6.40. The Bertz CT molecular complexity index is 1380. The van der Waals surface area contributed by atoms with Gasteiger partial charge in [-0.15, -0.1) is 39.4 Å². The number of benzene rings is 1. The van der Waals surface area contributed by atoms with Crippen LogP contribution in [-0.2, 0) is 16.1 Å². The number of allylic oxidation sites excluding steroid dienone is 1. The number of ether oxygens (including phenoxy) is 1. The van der Waals surface area contributed by atoms with Gasteiger partial charge in [-0.1, -0.05) is 41.6 Å². The summed E-state index contributed by atoms with van der Waals surface area (Å²) >= 11 is 10.2. The molecule has 0 saturated heterocycles. The molecule has 0 saturated carbocycles. The summed E-state index contributed by atoms with van der Waals surface area (Å²) in [4.78, 5) is 26.5. The van der Waals surface area contributed by atoms with E-state index in [4.69, 9.17) is 16.3 Å². The Hall–Kier alpha value is -2.92. The van der Waals surface area contributed by atoms with Crippen LogP contribution in [-0.4, -0.2) is 39.5 Å². The number of nitrogens with one attached hydrogen (secondary N) is 1. The molecule has 11 heteroatoms. The molecule has 1 aromatic carbocycles. The first-order valence-electron chi connectivity index (χ1n) is 10.4. The number of aryl methyl sites for hydroxylation is 1. The molecule has 0 fully saturated rings. The van der Waals surface area contributed by atoms with Gasteiger partial charge in [-0.05, 0) is 30.7 Å². The van der Waals surface area contributed by atoms with Gasteiger partial charge < -0.3 is 10.1 Å². The quantitative estimate of drug-likeness (QED) is 0.149. The fourth-order valence-corrected chi connectivity index (χ4v) is 5.88. The maximum atomic E-state index is 12.8. The van der Waals surface area contributed by atoms with E-state index in [9.17, 15) is 9.59 Å². The van der Waals surface area contributed by atoms with Crippen LogP contribution >= 0.6 is 46.0 Å². The molecule has 1 N–H and O–H groups in total. The normalized spacial score (nSPS) is 10.8. The summed E-state index contributed by atoms with van der Waals surface area (Å²) in [6.07, 6.45) is 1.77. The third-order valence-electron chi connectivity index (χ3n) is 4.94. The van der Waals surface area contributed by atoms with Crippen molar-refractivity contribution in [3.05, 3.63) is 69.2 Å². The van der Waals surface area contributed by atoms with Crippen molar-refractivity contribution in [2.75, 3.05) is 18.2 Å². The summed E-state index contributed by atoms with van der Waals surface area (Å²) in [6, 6.07) is 9.18. The monoisotopic (exact) mass is 544 g/mol. The number of hydrogen-bond donors (Lipinski definition) is 1. The van der Waals surface area contributed by atoms with Crippen molar-refractivity contribution < 1.29 is 14.3 Å². The average Bonchev–Trinajstić information content (AvgIpc) is 3.57. The van der Waals surface area contributed by atoms with Crippen molar-refractivity contribution in [2.45, 2.75) is 18.6 Å². The number of aromatic nitrogens is 3. The van der Waals surface area contributed by atoms with E-state index in [1.54, 1.807) is 29.5 Å². The summed E-state index contributed by atoms with van der Waals surface area (Å²) < 4.78 is 6.90. The molecule has 3 heterocycles. The standard InChI is InChI=1S/C24H21ClN4O3S3/c1-4-9-29-21(16-10-14(2)33-11-16)27-28-24(29)35-13-19(30)26-22-20(23(31)32-3)18(12-34-22)15-5-7-17(25)8-6-15/h4-8,10-12H,1,9,13H2,2-3H3,(H,26,30). The van der Waals surface area contributed by atoms with Gasteiger partial charge in [0.25, 0.3) is 0 Å². The van der Waals surface area contributed by atoms with Crippen molar-refractivity contribution in [1.82, 2.24) is 14.8 Å². The molecule has 1 amide bonds. The van der Waals surface area contributed by atoms with Crippen LogP contribution in [0.1, 0.15) is 15.2 Å². The first-order valence-corrected chi connectivity index (χ1v) is 13.5. The molecule has 4 aromatic rings. The van der Waals surface area contributed by atoms with Gasteiger partial charge in [-0.25, -0.2) is 4.79 Å². The Labute approximate surface area is 219 Å². The van der Waals surface area contributed by atoms with E-state index in [1.807, 2.05) is 34.4 Å². The Morgan fingerprint density at radius 1 is 1.20 bits per heavy atom. The van der Waals surface area contributed by atoms with E-state index in [0.29, 0.717) is 32.9 Å². The molecule has 0 radical (unpaired) electrons. The van der Waals surface area contributed by atoms with E-state index in [1.165, 1.54) is 35.1 Å². The van der Waals surface area contributed by atoms with E-state index >= 15 is 0 Å². The van der Waals surface area contributed by atoms with Crippen molar-refractivity contribution >= 4 is 62.9 Å². The number of rotatable bonds is 9. The number of methoxy groups -OCH3 is 1. The van der Waals surface area contributed by atoms with Gasteiger partial charge in [0.1, 0.15) is 10.6 Å². The van der Waals surface area contributed by atoms with Gasteiger partial charge in [0.15, 0.2) is 11.0 Å². The van der Waals surface area contributed by atoms with Crippen LogP contribution in [0.15, 0.2) is 58.9 Å².